The Morgan fingerprint density at radius 3 is 2.59 bits per heavy atom. The number of carbonyl (C=O) groups excluding carboxylic acids is 1. The van der Waals surface area contributed by atoms with Gasteiger partial charge in [-0.2, -0.15) is 0 Å². The fourth-order valence-corrected chi connectivity index (χ4v) is 2.01. The van der Waals surface area contributed by atoms with Crippen molar-refractivity contribution in [3.63, 3.8) is 0 Å². The van der Waals surface area contributed by atoms with E-state index >= 15 is 0 Å². The van der Waals surface area contributed by atoms with Gasteiger partial charge in [0.1, 0.15) is 12.3 Å². The maximum Gasteiger partial charge on any atom is 0.312 e. The molecular weight excluding hydrogens is 225 g/mol. The summed E-state index contributed by atoms with van der Waals surface area (Å²) in [5.74, 6) is -1.05. The van der Waals surface area contributed by atoms with E-state index in [1.54, 1.807) is 32.7 Å². The molecule has 0 amide bonds. The summed E-state index contributed by atoms with van der Waals surface area (Å²) in [6.07, 6.45) is -0.471. The molecule has 5 heteroatoms. The van der Waals surface area contributed by atoms with Gasteiger partial charge in [0.15, 0.2) is 0 Å². The molecule has 3 atom stereocenters. The lowest BCUT2D eigenvalue weighted by Crippen LogP contribution is -2.52. The first kappa shape index (κ1) is 14.4. The van der Waals surface area contributed by atoms with Crippen molar-refractivity contribution in [2.45, 2.75) is 44.9 Å². The Labute approximate surface area is 102 Å². The predicted octanol–water partition coefficient (Wildman–Crippen LogP) is 0.979. The maximum atomic E-state index is 12.8. The summed E-state index contributed by atoms with van der Waals surface area (Å²) in [6, 6.07) is -0.309. The Kier molecular flexibility index (Phi) is 4.49. The van der Waals surface area contributed by atoms with Gasteiger partial charge in [-0.1, -0.05) is 0 Å². The van der Waals surface area contributed by atoms with Gasteiger partial charge in [0, 0.05) is 12.6 Å². The lowest BCUT2D eigenvalue weighted by molar-refractivity contribution is -0.168. The van der Waals surface area contributed by atoms with Crippen LogP contribution in [0.3, 0.4) is 0 Å². The van der Waals surface area contributed by atoms with E-state index in [4.69, 9.17) is 4.74 Å². The Morgan fingerprint density at radius 2 is 2.12 bits per heavy atom. The summed E-state index contributed by atoms with van der Waals surface area (Å²) in [7, 11) is 1.75. The highest BCUT2D eigenvalue weighted by Crippen LogP contribution is 2.25. The maximum absolute atomic E-state index is 12.8. The van der Waals surface area contributed by atoms with Crippen LogP contribution >= 0.6 is 0 Å². The molecule has 0 aromatic heterocycles. The van der Waals surface area contributed by atoms with E-state index in [0.29, 0.717) is 13.0 Å². The second-order valence-electron chi connectivity index (χ2n) is 5.69. The van der Waals surface area contributed by atoms with Crippen LogP contribution in [0.15, 0.2) is 0 Å². The third-order valence-electron chi connectivity index (χ3n) is 2.98. The first-order valence-corrected chi connectivity index (χ1v) is 5.91. The van der Waals surface area contributed by atoms with Gasteiger partial charge in [-0.15, -0.1) is 0 Å². The molecular formula is C12H22FNO3. The normalized spacial score (nSPS) is 31.3. The van der Waals surface area contributed by atoms with E-state index < -0.39 is 30.3 Å². The lowest BCUT2D eigenvalue weighted by atomic mass is 9.89. The number of halogens is 1. The number of likely N-dealkylation sites (N-methyl/N-ethyl adjacent to an activating group) is 1. The highest BCUT2D eigenvalue weighted by atomic mass is 19.1. The molecule has 0 aliphatic carbocycles. The number of alkyl halides is 1. The van der Waals surface area contributed by atoms with E-state index in [1.807, 2.05) is 0 Å². The molecule has 4 nitrogen and oxygen atoms in total. The molecule has 0 saturated carbocycles. The Morgan fingerprint density at radius 1 is 1.53 bits per heavy atom. The minimum Gasteiger partial charge on any atom is -0.460 e. The molecule has 1 heterocycles. The zero-order valence-electron chi connectivity index (χ0n) is 10.9. The minimum atomic E-state index is -0.780. The molecule has 0 bridgehead atoms. The largest absolute Gasteiger partial charge is 0.460 e. The Bertz CT molecular complexity index is 277. The van der Waals surface area contributed by atoms with E-state index in [0.717, 1.165) is 0 Å². The summed E-state index contributed by atoms with van der Waals surface area (Å²) in [5.41, 5.74) is -0.578. The van der Waals surface area contributed by atoms with Gasteiger partial charge in [0.05, 0.1) is 12.0 Å². The van der Waals surface area contributed by atoms with E-state index in [1.165, 1.54) is 0 Å². The first-order valence-electron chi connectivity index (χ1n) is 5.91. The molecule has 0 aromatic carbocycles. The minimum absolute atomic E-state index is 0.304. The number of likely N-dealkylation sites (tertiary alicyclic amines) is 1. The van der Waals surface area contributed by atoms with Crippen molar-refractivity contribution in [2.75, 3.05) is 20.3 Å². The van der Waals surface area contributed by atoms with Crippen LogP contribution < -0.4 is 0 Å². The standard InChI is InChI=1S/C12H22FNO3/c1-12(2,3)17-11(16)9-5-8(6-13)14(4)7-10(9)15/h8-10,15H,5-7H2,1-4H3/t8-,9?,10?/m0/s1. The highest BCUT2D eigenvalue weighted by molar-refractivity contribution is 5.73. The zero-order chi connectivity index (χ0) is 13.2. The third kappa shape index (κ3) is 3.92. The zero-order valence-corrected chi connectivity index (χ0v) is 10.9. The van der Waals surface area contributed by atoms with E-state index in [9.17, 15) is 14.3 Å². The van der Waals surface area contributed by atoms with Crippen molar-refractivity contribution in [3.8, 4) is 0 Å². The number of aliphatic hydroxyl groups excluding tert-OH is 1. The fourth-order valence-electron chi connectivity index (χ4n) is 2.01. The van der Waals surface area contributed by atoms with Gasteiger partial charge in [-0.3, -0.25) is 9.69 Å². The molecule has 1 fully saturated rings. The number of carbonyl (C=O) groups is 1. The molecule has 2 unspecified atom stereocenters. The molecule has 0 spiro atoms. The van der Waals surface area contributed by atoms with Crippen LogP contribution in [-0.2, 0) is 9.53 Å². The Hall–Kier alpha value is -0.680. The smallest absolute Gasteiger partial charge is 0.312 e. The first-order chi connectivity index (χ1) is 7.74. The number of hydrogen-bond donors (Lipinski definition) is 1. The van der Waals surface area contributed by atoms with Crippen LogP contribution in [0.1, 0.15) is 27.2 Å². The molecule has 1 N–H and O–H groups in total. The second-order valence-corrected chi connectivity index (χ2v) is 5.69. The Balaban J connectivity index is 2.66. The van der Waals surface area contributed by atoms with Gasteiger partial charge in [0.25, 0.3) is 0 Å². The van der Waals surface area contributed by atoms with Crippen molar-refractivity contribution in [1.29, 1.82) is 0 Å². The summed E-state index contributed by atoms with van der Waals surface area (Å²) in [6.45, 7) is 5.12. The van der Waals surface area contributed by atoms with E-state index in [-0.39, 0.29) is 6.04 Å². The summed E-state index contributed by atoms with van der Waals surface area (Å²) in [4.78, 5) is 13.6. The average molecular weight is 247 g/mol. The van der Waals surface area contributed by atoms with Crippen molar-refractivity contribution in [1.82, 2.24) is 4.90 Å². The number of ether oxygens (including phenoxy) is 1. The number of esters is 1. The SMILES string of the molecule is CN1CC(O)C(C(=O)OC(C)(C)C)C[C@H]1CF. The highest BCUT2D eigenvalue weighted by Gasteiger charge is 2.39. The molecule has 1 rings (SSSR count). The molecule has 0 aromatic rings. The molecule has 1 aliphatic heterocycles. The molecule has 1 aliphatic rings. The number of piperidine rings is 1. The van der Waals surface area contributed by atoms with Crippen molar-refractivity contribution >= 4 is 5.97 Å². The number of rotatable bonds is 2. The second kappa shape index (κ2) is 5.31. The molecule has 100 valence electrons. The van der Waals surface area contributed by atoms with Gasteiger partial charge in [-0.25, -0.2) is 4.39 Å². The van der Waals surface area contributed by atoms with Crippen LogP contribution in [0.5, 0.6) is 0 Å². The molecule has 1 saturated heterocycles. The quantitative estimate of drug-likeness (QED) is 0.739. The van der Waals surface area contributed by atoms with E-state index in [2.05, 4.69) is 0 Å². The number of β-amino-alcohol motifs (C(OH)–C–C–N with tert-alkyl or cyclic N) is 1. The average Bonchev–Trinajstić information content (AvgIpc) is 2.14. The van der Waals surface area contributed by atoms with Gasteiger partial charge in [0.2, 0.25) is 0 Å². The number of hydrogen-bond acceptors (Lipinski definition) is 4. The van der Waals surface area contributed by atoms with Gasteiger partial charge in [-0.05, 0) is 34.2 Å². The van der Waals surface area contributed by atoms with Crippen molar-refractivity contribution < 1.29 is 19.0 Å². The van der Waals surface area contributed by atoms with Crippen LogP contribution in [0.2, 0.25) is 0 Å². The van der Waals surface area contributed by atoms with Crippen LogP contribution in [0, 0.1) is 5.92 Å². The summed E-state index contributed by atoms with van der Waals surface area (Å²) >= 11 is 0. The van der Waals surface area contributed by atoms with Crippen LogP contribution in [0.25, 0.3) is 0 Å². The van der Waals surface area contributed by atoms with Crippen LogP contribution in [-0.4, -0.2) is 54.0 Å². The van der Waals surface area contributed by atoms with Crippen molar-refractivity contribution in [3.05, 3.63) is 0 Å². The summed E-state index contributed by atoms with van der Waals surface area (Å²) in [5, 5.41) is 9.85. The predicted molar refractivity (Wildman–Crippen MR) is 62.4 cm³/mol. The number of aliphatic hydroxyl groups is 1. The number of nitrogens with zero attached hydrogens (tertiary/aromatic N) is 1. The van der Waals surface area contributed by atoms with Crippen molar-refractivity contribution in [2.24, 2.45) is 5.92 Å². The molecule has 0 radical (unpaired) electrons. The van der Waals surface area contributed by atoms with Crippen LogP contribution in [0.4, 0.5) is 4.39 Å². The third-order valence-corrected chi connectivity index (χ3v) is 2.98. The monoisotopic (exact) mass is 247 g/mol. The topological polar surface area (TPSA) is 49.8 Å². The molecule has 17 heavy (non-hydrogen) atoms. The lowest BCUT2D eigenvalue weighted by Gasteiger charge is -2.38. The van der Waals surface area contributed by atoms with Gasteiger partial charge >= 0.3 is 5.97 Å². The summed E-state index contributed by atoms with van der Waals surface area (Å²) < 4.78 is 18.0. The van der Waals surface area contributed by atoms with Gasteiger partial charge < -0.3 is 9.84 Å². The fraction of sp³-hybridized carbons (Fsp3) is 0.917.